The number of rotatable bonds is 7. The van der Waals surface area contributed by atoms with Gasteiger partial charge in [0.15, 0.2) is 16.3 Å². The maximum Gasteiger partial charge on any atom is 0.262 e. The van der Waals surface area contributed by atoms with Gasteiger partial charge in [0.25, 0.3) is 11.8 Å². The number of carbonyl (C=O) groups is 2. The van der Waals surface area contributed by atoms with Gasteiger partial charge in [0.05, 0.1) is 55.4 Å². The lowest BCUT2D eigenvalue weighted by Crippen LogP contribution is -2.35. The van der Waals surface area contributed by atoms with Crippen LogP contribution in [0.1, 0.15) is 69.4 Å². The molecule has 19 heteroatoms. The minimum atomic E-state index is -0.985. The van der Waals surface area contributed by atoms with Gasteiger partial charge in [0.1, 0.15) is 52.4 Å². The highest BCUT2D eigenvalue weighted by molar-refractivity contribution is 9.09. The number of halogens is 10. The quantitative estimate of drug-likeness (QED) is 0.0898. The van der Waals surface area contributed by atoms with Crippen molar-refractivity contribution in [1.82, 2.24) is 18.6 Å². The molecular formula is C62H44BrF9N4O5. The molecule has 0 saturated heterocycles. The average Bonchev–Trinajstić information content (AvgIpc) is 3.69. The zero-order valence-electron chi connectivity index (χ0n) is 43.7. The number of nitrogens with zero attached hydrogens (tertiary/aromatic N) is 4. The van der Waals surface area contributed by atoms with Crippen LogP contribution in [0.5, 0.6) is 0 Å². The van der Waals surface area contributed by atoms with Crippen LogP contribution >= 0.6 is 15.9 Å². The average molecular weight is 1180 g/mol. The Labute approximate surface area is 463 Å². The van der Waals surface area contributed by atoms with E-state index >= 15 is 0 Å². The molecule has 3 aromatic heterocycles. The zero-order valence-corrected chi connectivity index (χ0v) is 45.3. The lowest BCUT2D eigenvalue weighted by Gasteiger charge is -2.28. The van der Waals surface area contributed by atoms with Crippen molar-refractivity contribution in [2.24, 2.45) is 21.1 Å². The number of amides is 2. The first-order chi connectivity index (χ1) is 38.4. The molecule has 0 saturated carbocycles. The molecule has 0 bridgehead atoms. The normalized spacial score (nSPS) is 12.8. The van der Waals surface area contributed by atoms with Crippen molar-refractivity contribution in [2.75, 3.05) is 0 Å². The number of pyridine rings is 3. The predicted molar refractivity (Wildman–Crippen MR) is 296 cm³/mol. The van der Waals surface area contributed by atoms with Crippen LogP contribution in [0.2, 0.25) is 0 Å². The Morgan fingerprint density at radius 2 is 0.728 bits per heavy atom. The van der Waals surface area contributed by atoms with Crippen LogP contribution in [0.4, 0.5) is 39.5 Å². The molecule has 0 aliphatic carbocycles. The van der Waals surface area contributed by atoms with E-state index in [4.69, 9.17) is 0 Å². The monoisotopic (exact) mass is 1170 g/mol. The van der Waals surface area contributed by atoms with Gasteiger partial charge in [-0.05, 0) is 140 Å². The summed E-state index contributed by atoms with van der Waals surface area (Å²) in [6.45, 7) is 5.22. The molecule has 1 aliphatic rings. The first kappa shape index (κ1) is 56.9. The number of fused-ring (bicyclic) bond motifs is 4. The fourth-order valence-corrected chi connectivity index (χ4v) is 11.2. The number of hydrogen-bond acceptors (Lipinski definition) is 5. The smallest absolute Gasteiger partial charge is 0.262 e. The van der Waals surface area contributed by atoms with Gasteiger partial charge in [-0.25, -0.2) is 39.5 Å². The summed E-state index contributed by atoms with van der Waals surface area (Å²) in [4.78, 5) is 66.3. The topological polar surface area (TPSA) is 103 Å². The van der Waals surface area contributed by atoms with Gasteiger partial charge in [-0.1, -0.05) is 35.0 Å². The van der Waals surface area contributed by atoms with E-state index in [1.54, 1.807) is 53.9 Å². The highest BCUT2D eigenvalue weighted by Gasteiger charge is 2.41. The number of imide groups is 1. The Balaban J connectivity index is 0.000000151. The summed E-state index contributed by atoms with van der Waals surface area (Å²) >= 11 is 3.43. The zero-order chi connectivity index (χ0) is 58.6. The van der Waals surface area contributed by atoms with E-state index in [9.17, 15) is 63.5 Å². The first-order valence-electron chi connectivity index (χ1n) is 24.9. The molecule has 412 valence electrons. The molecule has 2 amide bonds. The van der Waals surface area contributed by atoms with Crippen molar-refractivity contribution in [1.29, 1.82) is 0 Å². The molecule has 2 atom stereocenters. The Morgan fingerprint density at radius 1 is 0.407 bits per heavy atom. The van der Waals surface area contributed by atoms with Crippen LogP contribution in [0, 0.1) is 52.4 Å². The molecule has 9 nitrogen and oxygen atoms in total. The Bertz CT molecular complexity index is 4370. The summed E-state index contributed by atoms with van der Waals surface area (Å²) in [6.07, 6.45) is 0.493. The highest BCUT2D eigenvalue weighted by atomic mass is 79.9. The van der Waals surface area contributed by atoms with Gasteiger partial charge < -0.3 is 13.7 Å². The lowest BCUT2D eigenvalue weighted by molar-refractivity contribution is 0.0590. The van der Waals surface area contributed by atoms with Crippen molar-refractivity contribution in [3.05, 3.63) is 245 Å². The number of benzene rings is 7. The van der Waals surface area contributed by atoms with Gasteiger partial charge in [0.2, 0.25) is 0 Å². The predicted octanol–water partition coefficient (Wildman–Crippen LogP) is 14.2. The second-order valence-electron chi connectivity index (χ2n) is 19.1. The molecule has 81 heavy (non-hydrogen) atoms. The SMILES string of the molecule is CC(Br)c1c(-c2cc(F)cc(F)c2)c(=O)c2cc(F)ccc2n1C.CC(c1c(-c2cc(F)cc(F)c2)c(=O)c2cc(F)ccc2n1C)N1C(=O)c2ccccc2C1=O.CCc1c(-c2cc(F)cc(F)c2)c(=O)c2cc(F)ccc2n1C. The minimum absolute atomic E-state index is 0.000445. The van der Waals surface area contributed by atoms with Crippen LogP contribution in [0.3, 0.4) is 0 Å². The van der Waals surface area contributed by atoms with E-state index < -0.39 is 86.5 Å². The van der Waals surface area contributed by atoms with Crippen molar-refractivity contribution in [3.63, 3.8) is 0 Å². The molecule has 4 heterocycles. The van der Waals surface area contributed by atoms with Crippen molar-refractivity contribution in [2.45, 2.75) is 38.1 Å². The van der Waals surface area contributed by atoms with Crippen LogP contribution in [0.25, 0.3) is 66.1 Å². The van der Waals surface area contributed by atoms with Gasteiger partial charge >= 0.3 is 0 Å². The van der Waals surface area contributed by atoms with Gasteiger partial charge in [-0.2, -0.15) is 0 Å². The summed E-state index contributed by atoms with van der Waals surface area (Å²) < 4.78 is 129. The van der Waals surface area contributed by atoms with Gasteiger partial charge in [-0.15, -0.1) is 0 Å². The fourth-order valence-electron chi connectivity index (χ4n) is 10.6. The molecule has 11 rings (SSSR count). The summed E-state index contributed by atoms with van der Waals surface area (Å²) in [5, 5.41) is 0.346. The largest absolute Gasteiger partial charge is 0.347 e. The third-order valence-corrected chi connectivity index (χ3v) is 14.5. The van der Waals surface area contributed by atoms with E-state index in [1.807, 2.05) is 13.8 Å². The summed E-state index contributed by atoms with van der Waals surface area (Å²) in [6, 6.07) is 25.4. The van der Waals surface area contributed by atoms with Crippen molar-refractivity contribution in [3.8, 4) is 33.4 Å². The second-order valence-corrected chi connectivity index (χ2v) is 20.5. The number of aromatic nitrogens is 3. The lowest BCUT2D eigenvalue weighted by atomic mass is 9.96. The maximum absolute atomic E-state index is 14.1. The van der Waals surface area contributed by atoms with Crippen LogP contribution in [-0.4, -0.2) is 30.4 Å². The van der Waals surface area contributed by atoms with Crippen LogP contribution in [0.15, 0.2) is 148 Å². The Kier molecular flexibility index (Phi) is 15.7. The summed E-state index contributed by atoms with van der Waals surface area (Å²) in [5.41, 5.74) is 2.16. The minimum Gasteiger partial charge on any atom is -0.347 e. The number of alkyl halides is 1. The molecule has 0 fully saturated rings. The molecule has 7 aromatic carbocycles. The molecule has 1 aliphatic heterocycles. The van der Waals surface area contributed by atoms with Crippen LogP contribution in [-0.2, 0) is 27.6 Å². The first-order valence-corrected chi connectivity index (χ1v) is 25.8. The van der Waals surface area contributed by atoms with E-state index in [0.717, 1.165) is 71.6 Å². The summed E-state index contributed by atoms with van der Waals surface area (Å²) in [7, 11) is 5.06. The third-order valence-electron chi connectivity index (χ3n) is 14.1. The van der Waals surface area contributed by atoms with E-state index in [-0.39, 0.29) is 71.2 Å². The van der Waals surface area contributed by atoms with Crippen LogP contribution < -0.4 is 16.3 Å². The molecule has 0 radical (unpaired) electrons. The molecule has 2 unspecified atom stereocenters. The third kappa shape index (κ3) is 10.6. The summed E-state index contributed by atoms with van der Waals surface area (Å²) in [5.74, 6) is -7.71. The standard InChI is InChI=1S/C26H17F3N2O3.C18H13BrF3NO.C18H14F3NO/c1-13(31-25(33)18-5-3-4-6-19(18)26(31)34)23-22(14-9-16(28)11-17(29)10-14)24(32)20-12-15(27)7-8-21(20)30(23)2;1-9(19)17-16(10-5-12(21)7-13(22)6-10)18(24)14-8-11(20)3-4-15(14)23(17)2;1-3-15-17(10-6-12(20)8-13(21)7-10)18(23)14-9-11(19)4-5-16(14)22(15)2/h3-13H,1-2H3;3-9H,1-2H3;4-9H,3H2,1-2H3. The number of aryl methyl sites for hydroxylation is 3. The molecule has 0 N–H and O–H groups in total. The second kappa shape index (κ2) is 22.4. The van der Waals surface area contributed by atoms with Gasteiger partial charge in [0, 0.05) is 72.5 Å². The molecule has 0 spiro atoms. The number of hydrogen-bond donors (Lipinski definition) is 0. The van der Waals surface area contributed by atoms with E-state index in [1.165, 1.54) is 48.5 Å². The fraction of sp³-hybridized carbons (Fsp3) is 0.145. The van der Waals surface area contributed by atoms with Crippen molar-refractivity contribution < 1.29 is 49.1 Å². The molecule has 10 aromatic rings. The van der Waals surface area contributed by atoms with Gasteiger partial charge in [-0.3, -0.25) is 28.9 Å². The number of carbonyl (C=O) groups excluding carboxylic acids is 2. The highest BCUT2D eigenvalue weighted by Crippen LogP contribution is 2.38. The Hall–Kier alpha value is -8.84. The van der Waals surface area contributed by atoms with Crippen molar-refractivity contribution >= 4 is 60.5 Å². The Morgan fingerprint density at radius 3 is 1.09 bits per heavy atom. The molecular weight excluding hydrogens is 1130 g/mol. The van der Waals surface area contributed by atoms with E-state index in [0.29, 0.717) is 40.4 Å². The van der Waals surface area contributed by atoms with E-state index in [2.05, 4.69) is 15.9 Å². The maximum atomic E-state index is 14.1.